The van der Waals surface area contributed by atoms with Crippen molar-refractivity contribution in [3.05, 3.63) is 452 Å². The Morgan fingerprint density at radius 2 is 0.474 bits per heavy atom. The molecule has 1 N–H and O–H groups in total. The van der Waals surface area contributed by atoms with E-state index in [1.807, 2.05) is 36.0 Å². The minimum absolute atomic E-state index is 0.979. The van der Waals surface area contributed by atoms with Crippen LogP contribution in [0.15, 0.2) is 362 Å². The molecule has 0 spiro atoms. The summed E-state index contributed by atoms with van der Waals surface area (Å²) in [6, 6.07) is 124. The number of benzene rings is 14. The number of anilines is 2. The van der Waals surface area contributed by atoms with Gasteiger partial charge in [0.15, 0.2) is 0 Å². The summed E-state index contributed by atoms with van der Waals surface area (Å²) in [7, 11) is 0. The molecule has 3 heteroatoms. The highest BCUT2D eigenvalue weighted by molar-refractivity contribution is 7.99. The fourth-order valence-corrected chi connectivity index (χ4v) is 14.8. The summed E-state index contributed by atoms with van der Waals surface area (Å²) in [6.45, 7) is 0. The molecule has 14 aromatic carbocycles. The van der Waals surface area contributed by atoms with Crippen molar-refractivity contribution in [2.24, 2.45) is 0 Å². The fourth-order valence-electron chi connectivity index (χ4n) is 13.7. The zero-order chi connectivity index (χ0) is 65.2. The van der Waals surface area contributed by atoms with Gasteiger partial charge < -0.3 is 10.1 Å². The number of rotatable bonds is 2. The molecule has 3 aliphatic carbocycles. The lowest BCUT2D eigenvalue weighted by Crippen LogP contribution is -2.06. The molecule has 0 saturated carbocycles. The van der Waals surface area contributed by atoms with Gasteiger partial charge in [-0.15, -0.1) is 0 Å². The van der Waals surface area contributed by atoms with Crippen LogP contribution in [-0.2, 0) is 64.2 Å². The molecule has 20 rings (SSSR count). The SMILES string of the molecule is c1ccc(Cc2ccccc2)cc1.c1ccc2c(c1)CCc1ccccc1C2.c1ccc2c(c1)Cc1ccccc1-2.c1ccc2c(c1)Cc1ccccc1C2.c1ccc2c(c1)Cc1ccccc1N2.c1ccc2c(c1)Cc1ccccc1O2.c1ccc2c(c1)Cc1ccccc1S2. The molecule has 3 heterocycles. The highest BCUT2D eigenvalue weighted by Crippen LogP contribution is 2.40. The third-order valence-electron chi connectivity index (χ3n) is 18.9. The Balaban J connectivity index is 0.0000000971. The Hall–Kier alpha value is -11.0. The van der Waals surface area contributed by atoms with Gasteiger partial charge in [-0.3, -0.25) is 0 Å². The van der Waals surface area contributed by atoms with E-state index in [4.69, 9.17) is 4.74 Å². The molecule has 3 aliphatic heterocycles. The molecule has 0 aromatic heterocycles. The molecule has 0 saturated heterocycles. The number of hydrogen-bond acceptors (Lipinski definition) is 3. The van der Waals surface area contributed by atoms with Crippen molar-refractivity contribution in [3.63, 3.8) is 0 Å². The first-order valence-electron chi connectivity index (χ1n) is 34.2. The average Bonchev–Trinajstić information content (AvgIpc) is 1.83. The number of para-hydroxylation sites is 4. The first-order chi connectivity index (χ1) is 48.1. The first kappa shape index (κ1) is 63.4. The van der Waals surface area contributed by atoms with Crippen LogP contribution in [0.4, 0.5) is 11.4 Å². The van der Waals surface area contributed by atoms with Crippen LogP contribution in [0.25, 0.3) is 11.1 Å². The smallest absolute Gasteiger partial charge is 0.130 e. The van der Waals surface area contributed by atoms with Crippen molar-refractivity contribution in [3.8, 4) is 22.6 Å². The van der Waals surface area contributed by atoms with Gasteiger partial charge in [0.2, 0.25) is 0 Å². The van der Waals surface area contributed by atoms with Crippen LogP contribution in [0.3, 0.4) is 0 Å². The van der Waals surface area contributed by atoms with Crippen molar-refractivity contribution in [2.75, 3.05) is 5.32 Å². The van der Waals surface area contributed by atoms with Gasteiger partial charge in [-0.05, 0) is 199 Å². The Labute approximate surface area is 578 Å². The van der Waals surface area contributed by atoms with Gasteiger partial charge in [0.25, 0.3) is 0 Å². The summed E-state index contributed by atoms with van der Waals surface area (Å²) in [5, 5.41) is 3.44. The maximum absolute atomic E-state index is 5.78. The van der Waals surface area contributed by atoms with Crippen LogP contribution in [0.2, 0.25) is 0 Å². The lowest BCUT2D eigenvalue weighted by Gasteiger charge is -2.20. The predicted octanol–water partition coefficient (Wildman–Crippen LogP) is 23.6. The normalized spacial score (nSPS) is 12.5. The lowest BCUT2D eigenvalue weighted by molar-refractivity contribution is 0.460. The summed E-state index contributed by atoms with van der Waals surface area (Å²) >= 11 is 1.88. The standard InChI is InChI=1S/C15H14.C14H12.C13H11N.C13H10O.C13H10S.C13H10.C13H12/c1-3-7-14-11-15-8-4-2-6-13(15)10-9-12(14)5-1;1-2-6-12-10-14-8-4-3-7-13(14)9-11(12)5-1;3*1-3-7-12-10(5-1)9-11-6-2-4-8-13(11)14-12;1-3-7-12-10(5-1)9-11-6-2-4-8-13(11)12;1-3-7-12(8-4-1)11-13-9-5-2-6-10-13/h1-8H,9-11H2;1-8H,9-10H2;1-8,14H,9H2;2*1-8H,9H2;1-8H,9H2;1-10H,11H2. The molecule has 0 amide bonds. The fraction of sp³-hybridized carbons (Fsp3) is 0.106. The van der Waals surface area contributed by atoms with Crippen LogP contribution >= 0.6 is 11.8 Å². The monoisotopic (exact) mass is 1270 g/mol. The highest BCUT2D eigenvalue weighted by atomic mass is 32.2. The van der Waals surface area contributed by atoms with E-state index in [0.29, 0.717) is 0 Å². The maximum atomic E-state index is 5.78. The third kappa shape index (κ3) is 16.2. The van der Waals surface area contributed by atoms with Crippen molar-refractivity contribution in [1.82, 2.24) is 0 Å². The number of fused-ring (bicyclic) bond motifs is 13. The van der Waals surface area contributed by atoms with E-state index in [2.05, 4.69) is 333 Å². The quantitative estimate of drug-likeness (QED) is 0.186. The summed E-state index contributed by atoms with van der Waals surface area (Å²) in [4.78, 5) is 2.82. The third-order valence-corrected chi connectivity index (χ3v) is 20.1. The Bertz CT molecular complexity index is 4090. The summed E-state index contributed by atoms with van der Waals surface area (Å²) < 4.78 is 5.78. The van der Waals surface area contributed by atoms with E-state index < -0.39 is 0 Å². The van der Waals surface area contributed by atoms with Gasteiger partial charge in [0, 0.05) is 34.0 Å². The molecule has 2 nitrogen and oxygen atoms in total. The van der Waals surface area contributed by atoms with Gasteiger partial charge in [-0.1, -0.05) is 327 Å². The van der Waals surface area contributed by atoms with E-state index in [-0.39, 0.29) is 0 Å². The number of hydrogen-bond donors (Lipinski definition) is 1. The average molecular weight is 1270 g/mol. The Morgan fingerprint density at radius 1 is 0.216 bits per heavy atom. The van der Waals surface area contributed by atoms with Crippen LogP contribution in [0.5, 0.6) is 11.5 Å². The molecule has 0 unspecified atom stereocenters. The van der Waals surface area contributed by atoms with E-state index >= 15 is 0 Å². The Kier molecular flexibility index (Phi) is 20.6. The molecule has 472 valence electrons. The van der Waals surface area contributed by atoms with E-state index in [0.717, 1.165) is 62.9 Å². The minimum Gasteiger partial charge on any atom is -0.457 e. The van der Waals surface area contributed by atoms with Gasteiger partial charge in [-0.25, -0.2) is 0 Å². The molecule has 97 heavy (non-hydrogen) atoms. The molecule has 6 aliphatic rings. The largest absolute Gasteiger partial charge is 0.457 e. The molecule has 0 atom stereocenters. The second-order valence-electron chi connectivity index (χ2n) is 25.3. The van der Waals surface area contributed by atoms with Crippen molar-refractivity contribution in [2.45, 2.75) is 74.0 Å². The second-order valence-corrected chi connectivity index (χ2v) is 26.4. The number of aryl methyl sites for hydroxylation is 2. The van der Waals surface area contributed by atoms with Gasteiger partial charge in [0.05, 0.1) is 0 Å². The van der Waals surface area contributed by atoms with Gasteiger partial charge in [-0.2, -0.15) is 0 Å². The van der Waals surface area contributed by atoms with Crippen LogP contribution in [0, 0.1) is 0 Å². The van der Waals surface area contributed by atoms with E-state index in [9.17, 15) is 0 Å². The summed E-state index contributed by atoms with van der Waals surface area (Å²) in [6.07, 6.45) is 10.9. The molecule has 0 fully saturated rings. The Morgan fingerprint density at radius 3 is 0.887 bits per heavy atom. The number of ether oxygens (including phenoxy) is 1. The molecule has 0 radical (unpaired) electrons. The van der Waals surface area contributed by atoms with Crippen LogP contribution < -0.4 is 10.1 Å². The van der Waals surface area contributed by atoms with Crippen LogP contribution in [0.1, 0.15) is 100 Å². The van der Waals surface area contributed by atoms with E-state index in [1.54, 1.807) is 0 Å². The van der Waals surface area contributed by atoms with Crippen molar-refractivity contribution < 1.29 is 4.74 Å². The minimum atomic E-state index is 0.979. The highest BCUT2D eigenvalue weighted by Gasteiger charge is 2.19. The molecular weight excluding hydrogens is 1190 g/mol. The summed E-state index contributed by atoms with van der Waals surface area (Å²) in [5.74, 6) is 1.98. The second kappa shape index (κ2) is 31.5. The molecular formula is C94H79NOS. The van der Waals surface area contributed by atoms with Crippen molar-refractivity contribution in [1.29, 1.82) is 0 Å². The predicted molar refractivity (Wildman–Crippen MR) is 407 cm³/mol. The molecule has 14 aromatic rings. The zero-order valence-corrected chi connectivity index (χ0v) is 55.7. The van der Waals surface area contributed by atoms with Gasteiger partial charge in [0.1, 0.15) is 11.5 Å². The van der Waals surface area contributed by atoms with Crippen molar-refractivity contribution >= 4 is 23.1 Å². The zero-order valence-electron chi connectivity index (χ0n) is 54.9. The van der Waals surface area contributed by atoms with Crippen LogP contribution in [-0.4, -0.2) is 0 Å². The van der Waals surface area contributed by atoms with Gasteiger partial charge >= 0.3 is 0 Å². The summed E-state index contributed by atoms with van der Waals surface area (Å²) in [5.41, 5.74) is 31.2. The van der Waals surface area contributed by atoms with E-state index in [1.165, 1.54) is 145 Å². The maximum Gasteiger partial charge on any atom is 0.130 e. The molecule has 0 bridgehead atoms. The topological polar surface area (TPSA) is 21.3 Å². The lowest BCUT2D eigenvalue weighted by atomic mass is 9.86. The first-order valence-corrected chi connectivity index (χ1v) is 35.0. The number of nitrogens with one attached hydrogen (secondary N) is 1.